The van der Waals surface area contributed by atoms with Crippen molar-refractivity contribution in [1.82, 2.24) is 0 Å². The highest BCUT2D eigenvalue weighted by molar-refractivity contribution is 7.95. The smallest absolute Gasteiger partial charge is 0.335 e. The third kappa shape index (κ3) is 4.42. The summed E-state index contributed by atoms with van der Waals surface area (Å²) in [6.07, 6.45) is 1.33. The van der Waals surface area contributed by atoms with E-state index in [2.05, 4.69) is 4.72 Å². The van der Waals surface area contributed by atoms with Crippen LogP contribution in [0.15, 0.2) is 53.9 Å². The maximum Gasteiger partial charge on any atom is 0.335 e. The van der Waals surface area contributed by atoms with Gasteiger partial charge in [-0.25, -0.2) is 17.6 Å². The molecule has 0 fully saturated rings. The molecular weight excluding hydrogens is 309 g/mol. The van der Waals surface area contributed by atoms with Crippen molar-refractivity contribution in [1.29, 1.82) is 0 Å². The van der Waals surface area contributed by atoms with E-state index in [-0.39, 0.29) is 11.3 Å². The lowest BCUT2D eigenvalue weighted by Crippen LogP contribution is -2.09. The van der Waals surface area contributed by atoms with Crippen molar-refractivity contribution in [2.45, 2.75) is 0 Å². The maximum absolute atomic E-state index is 12.7. The molecular formula is C15H12FNO4S. The van der Waals surface area contributed by atoms with Crippen LogP contribution in [0.1, 0.15) is 15.9 Å². The molecule has 0 saturated carbocycles. The quantitative estimate of drug-likeness (QED) is 0.887. The highest BCUT2D eigenvalue weighted by Gasteiger charge is 2.07. The van der Waals surface area contributed by atoms with Crippen molar-refractivity contribution in [3.05, 3.63) is 70.9 Å². The summed E-state index contributed by atoms with van der Waals surface area (Å²) in [5, 5.41) is 9.71. The van der Waals surface area contributed by atoms with E-state index >= 15 is 0 Å². The van der Waals surface area contributed by atoms with Gasteiger partial charge in [-0.05, 0) is 48.0 Å². The Morgan fingerprint density at radius 2 is 1.64 bits per heavy atom. The molecule has 0 aliphatic carbocycles. The van der Waals surface area contributed by atoms with Crippen LogP contribution in [-0.4, -0.2) is 19.5 Å². The van der Waals surface area contributed by atoms with Crippen LogP contribution in [0.2, 0.25) is 0 Å². The number of rotatable bonds is 5. The summed E-state index contributed by atoms with van der Waals surface area (Å²) in [6, 6.07) is 10.6. The second-order valence-corrected chi connectivity index (χ2v) is 5.95. The topological polar surface area (TPSA) is 83.5 Å². The number of benzene rings is 2. The fraction of sp³-hybridized carbons (Fsp3) is 0. The minimum Gasteiger partial charge on any atom is -0.478 e. The fourth-order valence-corrected chi connectivity index (χ4v) is 2.49. The molecule has 2 aromatic carbocycles. The first kappa shape index (κ1) is 15.7. The number of hydrogen-bond acceptors (Lipinski definition) is 3. The molecule has 7 heteroatoms. The Hall–Kier alpha value is -2.67. The van der Waals surface area contributed by atoms with Crippen LogP contribution in [0, 0.1) is 5.82 Å². The maximum atomic E-state index is 12.7. The van der Waals surface area contributed by atoms with Gasteiger partial charge in [0.1, 0.15) is 5.82 Å². The second kappa shape index (κ2) is 6.40. The largest absolute Gasteiger partial charge is 0.478 e. The number of hydrogen-bond donors (Lipinski definition) is 2. The number of sulfonamides is 1. The minimum atomic E-state index is -3.75. The number of halogens is 1. The van der Waals surface area contributed by atoms with Gasteiger partial charge in [-0.1, -0.05) is 12.1 Å². The third-order valence-electron chi connectivity index (χ3n) is 2.70. The molecule has 0 aromatic heterocycles. The SMILES string of the molecule is O=C(O)c1ccc(NS(=O)(=O)/C=C/c2ccc(F)cc2)cc1. The van der Waals surface area contributed by atoms with Crippen molar-refractivity contribution in [3.8, 4) is 0 Å². The van der Waals surface area contributed by atoms with Gasteiger partial charge in [0.05, 0.1) is 11.0 Å². The van der Waals surface area contributed by atoms with Crippen molar-refractivity contribution >= 4 is 27.8 Å². The molecule has 0 unspecified atom stereocenters. The highest BCUT2D eigenvalue weighted by atomic mass is 32.2. The van der Waals surface area contributed by atoms with E-state index < -0.39 is 21.8 Å². The molecule has 0 aliphatic heterocycles. The molecule has 5 nitrogen and oxygen atoms in total. The van der Waals surface area contributed by atoms with Crippen LogP contribution < -0.4 is 4.72 Å². The van der Waals surface area contributed by atoms with Gasteiger partial charge in [-0.3, -0.25) is 4.72 Å². The molecule has 0 spiro atoms. The highest BCUT2D eigenvalue weighted by Crippen LogP contribution is 2.13. The third-order valence-corrected chi connectivity index (χ3v) is 3.72. The number of carboxylic acid groups (broad SMARTS) is 1. The van der Waals surface area contributed by atoms with Gasteiger partial charge in [-0.2, -0.15) is 0 Å². The van der Waals surface area contributed by atoms with Crippen molar-refractivity contribution < 1.29 is 22.7 Å². The first-order valence-corrected chi connectivity index (χ1v) is 7.70. The molecule has 0 radical (unpaired) electrons. The van der Waals surface area contributed by atoms with Crippen molar-refractivity contribution in [3.63, 3.8) is 0 Å². The monoisotopic (exact) mass is 321 g/mol. The van der Waals surface area contributed by atoms with E-state index in [9.17, 15) is 17.6 Å². The molecule has 22 heavy (non-hydrogen) atoms. The van der Waals surface area contributed by atoms with E-state index in [0.29, 0.717) is 5.56 Å². The Morgan fingerprint density at radius 3 is 2.18 bits per heavy atom. The van der Waals surface area contributed by atoms with E-state index in [1.807, 2.05) is 0 Å². The van der Waals surface area contributed by atoms with Gasteiger partial charge in [0.25, 0.3) is 10.0 Å². The molecule has 0 saturated heterocycles. The molecule has 114 valence electrons. The van der Waals surface area contributed by atoms with Gasteiger partial charge >= 0.3 is 5.97 Å². The zero-order valence-corrected chi connectivity index (χ0v) is 12.0. The molecule has 0 aliphatic rings. The molecule has 0 heterocycles. The van der Waals surface area contributed by atoms with Gasteiger partial charge in [0, 0.05) is 5.69 Å². The second-order valence-electron chi connectivity index (χ2n) is 4.38. The Bertz CT molecular complexity index is 796. The summed E-state index contributed by atoms with van der Waals surface area (Å²) in [5.74, 6) is -1.50. The van der Waals surface area contributed by atoms with Crippen LogP contribution >= 0.6 is 0 Å². The summed E-state index contributed by atoms with van der Waals surface area (Å²) in [5.41, 5.74) is 0.839. The summed E-state index contributed by atoms with van der Waals surface area (Å²) in [4.78, 5) is 10.7. The number of carboxylic acids is 1. The summed E-state index contributed by atoms with van der Waals surface area (Å²) < 4.78 is 38.8. The fourth-order valence-electron chi connectivity index (χ4n) is 1.62. The molecule has 2 rings (SSSR count). The van der Waals surface area contributed by atoms with Crippen LogP contribution in [0.5, 0.6) is 0 Å². The van der Waals surface area contributed by atoms with Gasteiger partial charge < -0.3 is 5.11 Å². The number of anilines is 1. The zero-order valence-electron chi connectivity index (χ0n) is 11.2. The normalized spacial score (nSPS) is 11.5. The number of nitrogens with one attached hydrogen (secondary N) is 1. The summed E-state index contributed by atoms with van der Waals surface area (Å²) in [7, 11) is -3.75. The van der Waals surface area contributed by atoms with Crippen LogP contribution in [-0.2, 0) is 10.0 Å². The standard InChI is InChI=1S/C15H12FNO4S/c16-13-5-1-11(2-6-13)9-10-22(20,21)17-14-7-3-12(4-8-14)15(18)19/h1-10,17H,(H,18,19)/b10-9+. The molecule has 0 bridgehead atoms. The van der Waals surface area contributed by atoms with Crippen LogP contribution in [0.25, 0.3) is 6.08 Å². The minimum absolute atomic E-state index is 0.0600. The average molecular weight is 321 g/mol. The summed E-state index contributed by atoms with van der Waals surface area (Å²) >= 11 is 0. The predicted molar refractivity (Wildman–Crippen MR) is 81.4 cm³/mol. The van der Waals surface area contributed by atoms with E-state index in [4.69, 9.17) is 5.11 Å². The van der Waals surface area contributed by atoms with E-state index in [0.717, 1.165) is 5.41 Å². The van der Waals surface area contributed by atoms with E-state index in [1.165, 1.54) is 54.6 Å². The number of aromatic carboxylic acids is 1. The lowest BCUT2D eigenvalue weighted by atomic mass is 10.2. The van der Waals surface area contributed by atoms with Crippen LogP contribution in [0.4, 0.5) is 10.1 Å². The Morgan fingerprint density at radius 1 is 1.05 bits per heavy atom. The van der Waals surface area contributed by atoms with Crippen molar-refractivity contribution in [2.75, 3.05) is 4.72 Å². The molecule has 0 amide bonds. The van der Waals surface area contributed by atoms with E-state index in [1.54, 1.807) is 0 Å². The first-order valence-electron chi connectivity index (χ1n) is 6.15. The first-order chi connectivity index (χ1) is 10.4. The Balaban J connectivity index is 2.10. The van der Waals surface area contributed by atoms with Crippen LogP contribution in [0.3, 0.4) is 0 Å². The molecule has 2 aromatic rings. The Labute approximate surface area is 126 Å². The molecule has 0 atom stereocenters. The number of carbonyl (C=O) groups is 1. The average Bonchev–Trinajstić information content (AvgIpc) is 2.47. The van der Waals surface area contributed by atoms with Gasteiger partial charge in [0.15, 0.2) is 0 Å². The van der Waals surface area contributed by atoms with Crippen molar-refractivity contribution in [2.24, 2.45) is 0 Å². The molecule has 2 N–H and O–H groups in total. The summed E-state index contributed by atoms with van der Waals surface area (Å²) in [6.45, 7) is 0. The lowest BCUT2D eigenvalue weighted by molar-refractivity contribution is 0.0697. The Kier molecular flexibility index (Phi) is 4.57. The zero-order chi connectivity index (χ0) is 16.2. The van der Waals surface area contributed by atoms with Gasteiger partial charge in [-0.15, -0.1) is 0 Å². The van der Waals surface area contributed by atoms with Gasteiger partial charge in [0.2, 0.25) is 0 Å². The lowest BCUT2D eigenvalue weighted by Gasteiger charge is -2.04. The predicted octanol–water partition coefficient (Wildman–Crippen LogP) is 2.94.